The zero-order valence-electron chi connectivity index (χ0n) is 10.3. The van der Waals surface area contributed by atoms with Crippen molar-refractivity contribution in [3.8, 4) is 6.07 Å². The van der Waals surface area contributed by atoms with Crippen LogP contribution >= 0.6 is 11.3 Å². The number of thiophene rings is 1. The van der Waals surface area contributed by atoms with E-state index in [-0.39, 0.29) is 17.3 Å². The smallest absolute Gasteiger partial charge is 0.231 e. The zero-order chi connectivity index (χ0) is 12.8. The molecule has 92 valence electrons. The monoisotopic (exact) mass is 259 g/mol. The Morgan fingerprint density at radius 3 is 3.00 bits per heavy atom. The Morgan fingerprint density at radius 2 is 2.39 bits per heavy atom. The normalized spacial score (nSPS) is 24.7. The minimum Gasteiger partial charge on any atom is -0.339 e. The van der Waals surface area contributed by atoms with Gasteiger partial charge in [-0.2, -0.15) is 10.2 Å². The molecule has 1 aliphatic rings. The molecule has 2 heterocycles. The van der Waals surface area contributed by atoms with Crippen LogP contribution in [0.2, 0.25) is 0 Å². The minimum absolute atomic E-state index is 0.00691. The second-order valence-electron chi connectivity index (χ2n) is 5.21. The number of nitrogens with zero attached hydrogens (tertiary/aromatic N) is 3. The molecule has 2 atom stereocenters. The van der Waals surface area contributed by atoms with Crippen molar-refractivity contribution in [3.05, 3.63) is 34.1 Å². The van der Waals surface area contributed by atoms with Crippen molar-refractivity contribution >= 4 is 11.3 Å². The number of hydrogen-bond acceptors (Lipinski definition) is 5. The zero-order valence-corrected chi connectivity index (χ0v) is 11.1. The average Bonchev–Trinajstić information content (AvgIpc) is 2.80. The van der Waals surface area contributed by atoms with E-state index >= 15 is 0 Å². The van der Waals surface area contributed by atoms with Gasteiger partial charge >= 0.3 is 0 Å². The molecular weight excluding hydrogens is 246 g/mol. The second kappa shape index (κ2) is 3.92. The average molecular weight is 259 g/mol. The minimum atomic E-state index is -0.0402. The predicted octanol–water partition coefficient (Wildman–Crippen LogP) is 2.99. The first kappa shape index (κ1) is 11.4. The summed E-state index contributed by atoms with van der Waals surface area (Å²) in [6.45, 7) is 4.13. The first-order chi connectivity index (χ1) is 8.63. The van der Waals surface area contributed by atoms with Crippen molar-refractivity contribution in [2.45, 2.75) is 26.2 Å². The molecule has 18 heavy (non-hydrogen) atoms. The van der Waals surface area contributed by atoms with E-state index in [4.69, 9.17) is 9.78 Å². The van der Waals surface area contributed by atoms with Crippen molar-refractivity contribution in [2.24, 2.45) is 11.3 Å². The maximum absolute atomic E-state index is 9.05. The van der Waals surface area contributed by atoms with Gasteiger partial charge in [0.2, 0.25) is 5.89 Å². The van der Waals surface area contributed by atoms with E-state index in [2.05, 4.69) is 36.1 Å². The highest BCUT2D eigenvalue weighted by Gasteiger charge is 2.62. The molecule has 0 aliphatic heterocycles. The Morgan fingerprint density at radius 1 is 1.56 bits per heavy atom. The van der Waals surface area contributed by atoms with E-state index in [9.17, 15) is 0 Å². The molecule has 1 saturated carbocycles. The Balaban J connectivity index is 1.77. The molecule has 0 amide bonds. The van der Waals surface area contributed by atoms with E-state index in [1.165, 1.54) is 4.88 Å². The van der Waals surface area contributed by atoms with Gasteiger partial charge in [-0.15, -0.1) is 11.3 Å². The van der Waals surface area contributed by atoms with Gasteiger partial charge in [0, 0.05) is 11.3 Å². The SMILES string of the molecule is CC1(C)C(C#N)C1c1nc(Cc2cccs2)no1. The van der Waals surface area contributed by atoms with Gasteiger partial charge < -0.3 is 4.52 Å². The molecule has 1 aliphatic carbocycles. The summed E-state index contributed by atoms with van der Waals surface area (Å²) in [4.78, 5) is 5.64. The van der Waals surface area contributed by atoms with E-state index in [0.29, 0.717) is 18.1 Å². The van der Waals surface area contributed by atoms with Crippen LogP contribution in [0.15, 0.2) is 22.0 Å². The lowest BCUT2D eigenvalue weighted by Crippen LogP contribution is -1.91. The molecule has 0 aromatic carbocycles. The molecule has 0 spiro atoms. The number of hydrogen-bond donors (Lipinski definition) is 0. The third kappa shape index (κ3) is 1.73. The van der Waals surface area contributed by atoms with Crippen LogP contribution in [0.25, 0.3) is 0 Å². The summed E-state index contributed by atoms with van der Waals surface area (Å²) in [6.07, 6.45) is 0.700. The fraction of sp³-hybridized carbons (Fsp3) is 0.462. The number of nitriles is 1. The molecule has 0 bridgehead atoms. The molecule has 0 saturated heterocycles. The molecule has 0 radical (unpaired) electrons. The lowest BCUT2D eigenvalue weighted by molar-refractivity contribution is 0.363. The first-order valence-corrected chi connectivity index (χ1v) is 6.75. The summed E-state index contributed by atoms with van der Waals surface area (Å²) in [5.41, 5.74) is -0.0402. The molecule has 2 unspecified atom stereocenters. The standard InChI is InChI=1S/C13H13N3OS/c1-13(2)9(7-14)11(13)12-15-10(16-17-12)6-8-4-3-5-18-8/h3-5,9,11H,6H2,1-2H3. The van der Waals surface area contributed by atoms with Gasteiger partial charge in [0.15, 0.2) is 5.82 Å². The molecule has 4 nitrogen and oxygen atoms in total. The number of aromatic nitrogens is 2. The van der Waals surface area contributed by atoms with Crippen LogP contribution in [0, 0.1) is 22.7 Å². The lowest BCUT2D eigenvalue weighted by atomic mass is 10.1. The van der Waals surface area contributed by atoms with E-state index in [1.807, 2.05) is 11.4 Å². The van der Waals surface area contributed by atoms with Crippen molar-refractivity contribution in [3.63, 3.8) is 0 Å². The maximum Gasteiger partial charge on any atom is 0.231 e. The highest BCUT2D eigenvalue weighted by Crippen LogP contribution is 2.63. The van der Waals surface area contributed by atoms with Crippen molar-refractivity contribution in [2.75, 3.05) is 0 Å². The number of rotatable bonds is 3. The molecule has 2 aromatic rings. The van der Waals surface area contributed by atoms with Crippen LogP contribution in [-0.4, -0.2) is 10.1 Å². The fourth-order valence-corrected chi connectivity index (χ4v) is 3.08. The van der Waals surface area contributed by atoms with Crippen LogP contribution in [0.3, 0.4) is 0 Å². The summed E-state index contributed by atoms with van der Waals surface area (Å²) in [5.74, 6) is 1.39. The van der Waals surface area contributed by atoms with E-state index in [1.54, 1.807) is 11.3 Å². The van der Waals surface area contributed by atoms with Crippen LogP contribution < -0.4 is 0 Å². The maximum atomic E-state index is 9.05. The molecule has 0 N–H and O–H groups in total. The van der Waals surface area contributed by atoms with Crippen molar-refractivity contribution in [1.29, 1.82) is 5.26 Å². The second-order valence-corrected chi connectivity index (χ2v) is 6.24. The Kier molecular flexibility index (Phi) is 2.49. The van der Waals surface area contributed by atoms with Gasteiger partial charge in [-0.3, -0.25) is 0 Å². The van der Waals surface area contributed by atoms with Gasteiger partial charge in [-0.1, -0.05) is 25.1 Å². The van der Waals surface area contributed by atoms with Crippen molar-refractivity contribution < 1.29 is 4.52 Å². The predicted molar refractivity (Wildman–Crippen MR) is 67.0 cm³/mol. The quantitative estimate of drug-likeness (QED) is 0.850. The molecule has 3 rings (SSSR count). The molecule has 2 aromatic heterocycles. The highest BCUT2D eigenvalue weighted by molar-refractivity contribution is 7.09. The lowest BCUT2D eigenvalue weighted by Gasteiger charge is -1.95. The van der Waals surface area contributed by atoms with Crippen LogP contribution in [0.5, 0.6) is 0 Å². The van der Waals surface area contributed by atoms with Gasteiger partial charge in [-0.05, 0) is 16.9 Å². The van der Waals surface area contributed by atoms with Crippen molar-refractivity contribution in [1.82, 2.24) is 10.1 Å². The van der Waals surface area contributed by atoms with Gasteiger partial charge in [0.25, 0.3) is 0 Å². The van der Waals surface area contributed by atoms with Gasteiger partial charge in [0.05, 0.1) is 17.9 Å². The highest BCUT2D eigenvalue weighted by atomic mass is 32.1. The topological polar surface area (TPSA) is 62.7 Å². The third-order valence-electron chi connectivity index (χ3n) is 3.63. The summed E-state index contributed by atoms with van der Waals surface area (Å²) < 4.78 is 5.30. The summed E-state index contributed by atoms with van der Waals surface area (Å²) >= 11 is 1.68. The van der Waals surface area contributed by atoms with Crippen LogP contribution in [0.4, 0.5) is 0 Å². The summed E-state index contributed by atoms with van der Waals surface area (Å²) in [5, 5.41) is 15.1. The van der Waals surface area contributed by atoms with Crippen LogP contribution in [-0.2, 0) is 6.42 Å². The Hall–Kier alpha value is -1.67. The Labute approximate surface area is 109 Å². The molecule has 5 heteroatoms. The largest absolute Gasteiger partial charge is 0.339 e. The Bertz CT molecular complexity index is 594. The van der Waals surface area contributed by atoms with Crippen LogP contribution in [0.1, 0.15) is 36.4 Å². The summed E-state index contributed by atoms with van der Waals surface area (Å²) in [6, 6.07) is 6.37. The van der Waals surface area contributed by atoms with Gasteiger partial charge in [0.1, 0.15) is 0 Å². The van der Waals surface area contributed by atoms with E-state index in [0.717, 1.165) is 0 Å². The molecular formula is C13H13N3OS. The van der Waals surface area contributed by atoms with E-state index < -0.39 is 0 Å². The molecule has 1 fully saturated rings. The summed E-state index contributed by atoms with van der Waals surface area (Å²) in [7, 11) is 0. The van der Waals surface area contributed by atoms with Gasteiger partial charge in [-0.25, -0.2) is 0 Å². The third-order valence-corrected chi connectivity index (χ3v) is 4.51. The first-order valence-electron chi connectivity index (χ1n) is 5.87. The fourth-order valence-electron chi connectivity index (χ4n) is 2.37.